The number of aliphatic hydroxyl groups is 1. The first-order valence-corrected chi connectivity index (χ1v) is 7.71. The van der Waals surface area contributed by atoms with Crippen LogP contribution in [-0.4, -0.2) is 36.4 Å². The van der Waals surface area contributed by atoms with E-state index in [1.165, 1.54) is 0 Å². The zero-order chi connectivity index (χ0) is 14.1. The van der Waals surface area contributed by atoms with E-state index in [0.717, 1.165) is 51.5 Å². The van der Waals surface area contributed by atoms with E-state index in [1.54, 1.807) is 0 Å². The van der Waals surface area contributed by atoms with Crippen LogP contribution in [0.5, 0.6) is 0 Å². The molecule has 1 rings (SSSR count). The number of rotatable bonds is 8. The highest BCUT2D eigenvalue weighted by Gasteiger charge is 2.24. The van der Waals surface area contributed by atoms with Crippen LogP contribution in [0.15, 0.2) is 0 Å². The van der Waals surface area contributed by atoms with Crippen molar-refractivity contribution in [3.63, 3.8) is 0 Å². The van der Waals surface area contributed by atoms with Crippen molar-refractivity contribution in [2.45, 2.75) is 71.0 Å². The van der Waals surface area contributed by atoms with Gasteiger partial charge in [0, 0.05) is 13.2 Å². The summed E-state index contributed by atoms with van der Waals surface area (Å²) in [6.45, 7) is 5.00. The third kappa shape index (κ3) is 6.39. The normalized spacial score (nSPS) is 25.0. The molecule has 1 saturated carbocycles. The summed E-state index contributed by atoms with van der Waals surface area (Å²) in [6.07, 6.45) is 7.10. The molecule has 0 aromatic rings. The van der Waals surface area contributed by atoms with Gasteiger partial charge in [0.25, 0.3) is 0 Å². The minimum Gasteiger partial charge on any atom is -0.396 e. The first-order valence-electron chi connectivity index (χ1n) is 7.71. The lowest BCUT2D eigenvalue weighted by atomic mass is 9.88. The van der Waals surface area contributed by atoms with Gasteiger partial charge in [-0.2, -0.15) is 0 Å². The van der Waals surface area contributed by atoms with E-state index in [4.69, 9.17) is 9.84 Å². The number of carbonyl (C=O) groups excluding carboxylic acids is 1. The summed E-state index contributed by atoms with van der Waals surface area (Å²) < 4.78 is 5.81. The topological polar surface area (TPSA) is 58.6 Å². The molecule has 0 aliphatic heterocycles. The molecule has 1 aliphatic carbocycles. The molecule has 1 atom stereocenters. The van der Waals surface area contributed by atoms with E-state index in [2.05, 4.69) is 12.2 Å². The molecule has 1 aliphatic rings. The van der Waals surface area contributed by atoms with Crippen molar-refractivity contribution in [1.82, 2.24) is 5.32 Å². The Balaban J connectivity index is 2.15. The Morgan fingerprint density at radius 3 is 2.58 bits per heavy atom. The molecule has 0 bridgehead atoms. The van der Waals surface area contributed by atoms with Crippen LogP contribution in [0, 0.1) is 5.92 Å². The Kier molecular flexibility index (Phi) is 8.07. The van der Waals surface area contributed by atoms with Gasteiger partial charge in [-0.1, -0.05) is 19.8 Å². The van der Waals surface area contributed by atoms with Gasteiger partial charge in [0.15, 0.2) is 0 Å². The molecule has 4 nitrogen and oxygen atoms in total. The maximum Gasteiger partial charge on any atom is 0.248 e. The lowest BCUT2D eigenvalue weighted by Gasteiger charge is -2.29. The molecule has 0 aromatic carbocycles. The molecule has 1 fully saturated rings. The van der Waals surface area contributed by atoms with Gasteiger partial charge >= 0.3 is 0 Å². The van der Waals surface area contributed by atoms with Gasteiger partial charge in [0.05, 0.1) is 6.10 Å². The van der Waals surface area contributed by atoms with Crippen LogP contribution >= 0.6 is 0 Å². The van der Waals surface area contributed by atoms with Crippen molar-refractivity contribution in [1.29, 1.82) is 0 Å². The lowest BCUT2D eigenvalue weighted by Crippen LogP contribution is -2.38. The number of hydrogen-bond donors (Lipinski definition) is 2. The second kappa shape index (κ2) is 9.32. The maximum atomic E-state index is 11.8. The number of unbranched alkanes of at least 4 members (excludes halogenated alkanes) is 2. The van der Waals surface area contributed by atoms with E-state index in [1.807, 2.05) is 6.92 Å². The summed E-state index contributed by atoms with van der Waals surface area (Å²) >= 11 is 0. The molecule has 0 aromatic heterocycles. The molecule has 112 valence electrons. The molecular weight excluding hydrogens is 242 g/mol. The minimum absolute atomic E-state index is 0.000356. The third-order valence-corrected chi connectivity index (χ3v) is 3.90. The van der Waals surface area contributed by atoms with E-state index in [-0.39, 0.29) is 24.7 Å². The Bertz CT molecular complexity index is 250. The van der Waals surface area contributed by atoms with Gasteiger partial charge in [0.1, 0.15) is 6.10 Å². The molecule has 0 radical (unpaired) electrons. The average molecular weight is 271 g/mol. The van der Waals surface area contributed by atoms with Gasteiger partial charge in [-0.15, -0.1) is 0 Å². The molecular formula is C15H29NO3. The zero-order valence-corrected chi connectivity index (χ0v) is 12.4. The summed E-state index contributed by atoms with van der Waals surface area (Å²) in [7, 11) is 0. The van der Waals surface area contributed by atoms with Crippen LogP contribution in [0.2, 0.25) is 0 Å². The monoisotopic (exact) mass is 271 g/mol. The average Bonchev–Trinajstić information content (AvgIpc) is 2.44. The molecule has 0 saturated heterocycles. The Labute approximate surface area is 116 Å². The van der Waals surface area contributed by atoms with Crippen molar-refractivity contribution in [3.05, 3.63) is 0 Å². The standard InChI is InChI=1S/C15H29NO3/c1-3-4-5-10-16-15(18)12(2)19-14-8-6-13(11-17)7-9-14/h12-14,17H,3-11H2,1-2H3,(H,16,18). The number of aliphatic hydroxyl groups excluding tert-OH is 1. The van der Waals surface area contributed by atoms with Crippen molar-refractivity contribution in [2.75, 3.05) is 13.2 Å². The van der Waals surface area contributed by atoms with E-state index in [0.29, 0.717) is 5.92 Å². The minimum atomic E-state index is -0.364. The summed E-state index contributed by atoms with van der Waals surface area (Å²) in [6, 6.07) is 0. The van der Waals surface area contributed by atoms with Crippen LogP contribution in [-0.2, 0) is 9.53 Å². The summed E-state index contributed by atoms with van der Waals surface area (Å²) in [5.74, 6) is 0.429. The van der Waals surface area contributed by atoms with Gasteiger partial charge < -0.3 is 15.2 Å². The van der Waals surface area contributed by atoms with Crippen molar-refractivity contribution in [2.24, 2.45) is 5.92 Å². The number of carbonyl (C=O) groups is 1. The zero-order valence-electron chi connectivity index (χ0n) is 12.4. The van der Waals surface area contributed by atoms with Crippen molar-refractivity contribution >= 4 is 5.91 Å². The first kappa shape index (κ1) is 16.4. The van der Waals surface area contributed by atoms with Crippen LogP contribution in [0.3, 0.4) is 0 Å². The Morgan fingerprint density at radius 1 is 1.32 bits per heavy atom. The predicted molar refractivity (Wildman–Crippen MR) is 75.9 cm³/mol. The number of amides is 1. The largest absolute Gasteiger partial charge is 0.396 e. The number of nitrogens with one attached hydrogen (secondary N) is 1. The van der Waals surface area contributed by atoms with E-state index >= 15 is 0 Å². The van der Waals surface area contributed by atoms with Crippen molar-refractivity contribution in [3.8, 4) is 0 Å². The smallest absolute Gasteiger partial charge is 0.248 e. The molecule has 0 heterocycles. The molecule has 0 spiro atoms. The lowest BCUT2D eigenvalue weighted by molar-refractivity contribution is -0.137. The fourth-order valence-corrected chi connectivity index (χ4v) is 2.53. The Hall–Kier alpha value is -0.610. The van der Waals surface area contributed by atoms with Gasteiger partial charge in [-0.3, -0.25) is 4.79 Å². The second-order valence-corrected chi connectivity index (χ2v) is 5.60. The Morgan fingerprint density at radius 2 is 2.00 bits per heavy atom. The molecule has 1 amide bonds. The predicted octanol–water partition coefficient (Wildman–Crippen LogP) is 2.25. The third-order valence-electron chi connectivity index (χ3n) is 3.90. The summed E-state index contributed by atoms with van der Waals surface area (Å²) in [5, 5.41) is 12.0. The molecule has 4 heteroatoms. The molecule has 19 heavy (non-hydrogen) atoms. The van der Waals surface area contributed by atoms with Gasteiger partial charge in [-0.25, -0.2) is 0 Å². The van der Waals surface area contributed by atoms with Crippen molar-refractivity contribution < 1.29 is 14.6 Å². The second-order valence-electron chi connectivity index (χ2n) is 5.60. The first-order chi connectivity index (χ1) is 9.17. The molecule has 2 N–H and O–H groups in total. The van der Waals surface area contributed by atoms with Crippen LogP contribution < -0.4 is 5.32 Å². The quantitative estimate of drug-likeness (QED) is 0.666. The number of hydrogen-bond acceptors (Lipinski definition) is 3. The highest BCUT2D eigenvalue weighted by Crippen LogP contribution is 2.26. The summed E-state index contributed by atoms with van der Waals surface area (Å²) in [5.41, 5.74) is 0. The van der Waals surface area contributed by atoms with Crippen LogP contribution in [0.4, 0.5) is 0 Å². The van der Waals surface area contributed by atoms with Gasteiger partial charge in [-0.05, 0) is 44.9 Å². The van der Waals surface area contributed by atoms with E-state index < -0.39 is 0 Å². The highest BCUT2D eigenvalue weighted by atomic mass is 16.5. The fraction of sp³-hybridized carbons (Fsp3) is 0.933. The highest BCUT2D eigenvalue weighted by molar-refractivity contribution is 5.80. The SMILES string of the molecule is CCCCCNC(=O)C(C)OC1CCC(CO)CC1. The van der Waals surface area contributed by atoms with E-state index in [9.17, 15) is 4.79 Å². The fourth-order valence-electron chi connectivity index (χ4n) is 2.53. The van der Waals surface area contributed by atoms with Crippen LogP contribution in [0.1, 0.15) is 58.8 Å². The molecule has 1 unspecified atom stereocenters. The van der Waals surface area contributed by atoms with Gasteiger partial charge in [0.2, 0.25) is 5.91 Å². The van der Waals surface area contributed by atoms with Crippen LogP contribution in [0.25, 0.3) is 0 Å². The number of ether oxygens (including phenoxy) is 1. The maximum absolute atomic E-state index is 11.8. The summed E-state index contributed by atoms with van der Waals surface area (Å²) in [4.78, 5) is 11.8.